The van der Waals surface area contributed by atoms with Gasteiger partial charge in [0.1, 0.15) is 0 Å². The molecular weight excluding hydrogens is 290 g/mol. The molecule has 0 aromatic carbocycles. The number of aliphatic hydroxyl groups excluding tert-OH is 1. The van der Waals surface area contributed by atoms with E-state index in [2.05, 4.69) is 18.6 Å². The lowest BCUT2D eigenvalue weighted by molar-refractivity contribution is -0.127. The van der Waals surface area contributed by atoms with Gasteiger partial charge in [0.2, 0.25) is 5.78 Å². The van der Waals surface area contributed by atoms with Crippen LogP contribution in [0.4, 0.5) is 0 Å². The van der Waals surface area contributed by atoms with Crippen molar-refractivity contribution >= 4 is 11.6 Å². The van der Waals surface area contributed by atoms with Crippen molar-refractivity contribution < 1.29 is 14.7 Å². The van der Waals surface area contributed by atoms with Crippen LogP contribution in [0.5, 0.6) is 0 Å². The van der Waals surface area contributed by atoms with Gasteiger partial charge >= 0.3 is 0 Å². The molecule has 4 heteroatoms. The number of fused-ring (bicyclic) bond motifs is 6. The van der Waals surface area contributed by atoms with E-state index < -0.39 is 0 Å². The van der Waals surface area contributed by atoms with Gasteiger partial charge in [-0.2, -0.15) is 0 Å². The van der Waals surface area contributed by atoms with Gasteiger partial charge in [-0.3, -0.25) is 9.59 Å². The van der Waals surface area contributed by atoms with Crippen molar-refractivity contribution in [2.45, 2.75) is 19.4 Å². The highest BCUT2D eigenvalue weighted by atomic mass is 16.3. The van der Waals surface area contributed by atoms with E-state index in [0.717, 1.165) is 6.42 Å². The van der Waals surface area contributed by atoms with E-state index in [1.54, 1.807) is 0 Å². The highest BCUT2D eigenvalue weighted by Gasteiger charge is 2.56. The van der Waals surface area contributed by atoms with Crippen molar-refractivity contribution in [2.75, 3.05) is 14.1 Å². The quantitative estimate of drug-likeness (QED) is 0.792. The Morgan fingerprint density at radius 3 is 2.52 bits per heavy atom. The zero-order chi connectivity index (χ0) is 16.5. The molecule has 0 aromatic heterocycles. The van der Waals surface area contributed by atoms with Gasteiger partial charge in [-0.15, -0.1) is 0 Å². The SMILES string of the molecule is CC(C1[CH]C2[CH]C3C4C=CC(C4)C3C(=O)C2=C(O)C1=O)N(C)C. The molecule has 0 amide bonds. The Bertz CT molecular complexity index is 633. The number of aliphatic hydroxyl groups is 1. The summed E-state index contributed by atoms with van der Waals surface area (Å²) >= 11 is 0. The third-order valence-electron chi connectivity index (χ3n) is 6.39. The fourth-order valence-corrected chi connectivity index (χ4v) is 4.91. The second-order valence-electron chi connectivity index (χ2n) is 7.68. The Hall–Kier alpha value is -1.42. The normalized spacial score (nSPS) is 43.1. The van der Waals surface area contributed by atoms with E-state index in [4.69, 9.17) is 0 Å². The van der Waals surface area contributed by atoms with Crippen LogP contribution in [0.3, 0.4) is 0 Å². The van der Waals surface area contributed by atoms with Crippen molar-refractivity contribution in [2.24, 2.45) is 35.5 Å². The number of hydrogen-bond donors (Lipinski definition) is 1. The van der Waals surface area contributed by atoms with Gasteiger partial charge in [-0.05, 0) is 64.0 Å². The lowest BCUT2D eigenvalue weighted by Gasteiger charge is -2.42. The summed E-state index contributed by atoms with van der Waals surface area (Å²) in [6.45, 7) is 1.98. The molecule has 4 rings (SSSR count). The van der Waals surface area contributed by atoms with Crippen LogP contribution in [-0.2, 0) is 9.59 Å². The smallest absolute Gasteiger partial charge is 0.202 e. The molecule has 23 heavy (non-hydrogen) atoms. The van der Waals surface area contributed by atoms with Crippen molar-refractivity contribution in [3.8, 4) is 0 Å². The number of carbonyl (C=O) groups is 2. The van der Waals surface area contributed by atoms with Gasteiger partial charge in [0, 0.05) is 23.5 Å². The fourth-order valence-electron chi connectivity index (χ4n) is 4.91. The van der Waals surface area contributed by atoms with Crippen molar-refractivity contribution in [1.82, 2.24) is 4.90 Å². The predicted molar refractivity (Wildman–Crippen MR) is 86.1 cm³/mol. The average Bonchev–Trinajstić information content (AvgIpc) is 3.11. The molecule has 2 fully saturated rings. The summed E-state index contributed by atoms with van der Waals surface area (Å²) in [5.41, 5.74) is 0.347. The predicted octanol–water partition coefficient (Wildman–Crippen LogP) is 1.99. The van der Waals surface area contributed by atoms with Crippen LogP contribution in [0.2, 0.25) is 0 Å². The first-order valence-corrected chi connectivity index (χ1v) is 8.46. The van der Waals surface area contributed by atoms with E-state index in [-0.39, 0.29) is 53.0 Å². The molecule has 1 N–H and O–H groups in total. The zero-order valence-electron chi connectivity index (χ0n) is 13.8. The third-order valence-corrected chi connectivity index (χ3v) is 6.39. The molecule has 2 bridgehead atoms. The maximum atomic E-state index is 12.9. The molecule has 122 valence electrons. The Kier molecular flexibility index (Phi) is 3.31. The number of carbonyl (C=O) groups excluding carboxylic acids is 2. The van der Waals surface area contributed by atoms with Crippen molar-refractivity contribution in [3.63, 3.8) is 0 Å². The number of ketones is 2. The molecule has 2 radical (unpaired) electrons. The minimum atomic E-state index is -0.367. The third kappa shape index (κ3) is 2.00. The highest BCUT2D eigenvalue weighted by Crippen LogP contribution is 2.56. The molecule has 2 saturated carbocycles. The Labute approximate surface area is 137 Å². The number of rotatable bonds is 2. The van der Waals surface area contributed by atoms with Crippen LogP contribution in [-0.4, -0.2) is 41.7 Å². The second-order valence-corrected chi connectivity index (χ2v) is 7.68. The van der Waals surface area contributed by atoms with E-state index in [9.17, 15) is 14.7 Å². The largest absolute Gasteiger partial charge is 0.504 e. The second kappa shape index (κ2) is 5.04. The molecule has 0 spiro atoms. The Morgan fingerprint density at radius 2 is 1.83 bits per heavy atom. The van der Waals surface area contributed by atoms with E-state index in [1.807, 2.05) is 32.3 Å². The first kappa shape index (κ1) is 15.1. The molecule has 0 aromatic rings. The molecule has 7 atom stereocenters. The van der Waals surface area contributed by atoms with Crippen LogP contribution < -0.4 is 0 Å². The van der Waals surface area contributed by atoms with Gasteiger partial charge in [-0.25, -0.2) is 0 Å². The number of allylic oxidation sites excluding steroid dienone is 4. The number of nitrogens with zero attached hydrogens (tertiary/aromatic N) is 1. The number of hydrogen-bond acceptors (Lipinski definition) is 4. The number of Topliss-reactive ketones (excluding diaryl/α,β-unsaturated/α-hetero) is 2. The van der Waals surface area contributed by atoms with Gasteiger partial charge in [-0.1, -0.05) is 12.2 Å². The molecular formula is C19H23NO3. The van der Waals surface area contributed by atoms with Crippen molar-refractivity contribution in [1.29, 1.82) is 0 Å². The average molecular weight is 313 g/mol. The van der Waals surface area contributed by atoms with Crippen LogP contribution in [0.1, 0.15) is 13.3 Å². The van der Waals surface area contributed by atoms with Crippen LogP contribution in [0.15, 0.2) is 23.5 Å². The van der Waals surface area contributed by atoms with Gasteiger partial charge < -0.3 is 10.0 Å². The zero-order valence-corrected chi connectivity index (χ0v) is 13.8. The summed E-state index contributed by atoms with van der Waals surface area (Å²) in [7, 11) is 3.85. The monoisotopic (exact) mass is 313 g/mol. The molecule has 4 aliphatic rings. The molecule has 0 aliphatic heterocycles. The first-order valence-electron chi connectivity index (χ1n) is 8.46. The minimum Gasteiger partial charge on any atom is -0.504 e. The Balaban J connectivity index is 1.70. The minimum absolute atomic E-state index is 0.00240. The standard InChI is InChI=1S/C19H23NO3/c1-9(20(2)3)13-7-12-8-14-10-4-5-11(6-10)15(14)18(22)16(12)19(23)17(13)21/h4-5,7-15,23H,6H2,1-3H3. The van der Waals surface area contributed by atoms with Crippen molar-refractivity contribution in [3.05, 3.63) is 36.3 Å². The van der Waals surface area contributed by atoms with Gasteiger partial charge in [0.25, 0.3) is 0 Å². The Morgan fingerprint density at radius 1 is 1.13 bits per heavy atom. The lowest BCUT2D eigenvalue weighted by Crippen LogP contribution is -2.47. The summed E-state index contributed by atoms with van der Waals surface area (Å²) in [6.07, 6.45) is 9.60. The molecule has 4 nitrogen and oxygen atoms in total. The van der Waals surface area contributed by atoms with E-state index in [1.165, 1.54) is 0 Å². The van der Waals surface area contributed by atoms with E-state index in [0.29, 0.717) is 11.5 Å². The summed E-state index contributed by atoms with van der Waals surface area (Å²) < 4.78 is 0. The van der Waals surface area contributed by atoms with Gasteiger partial charge in [0.05, 0.1) is 0 Å². The molecule has 4 aliphatic carbocycles. The molecule has 0 heterocycles. The topological polar surface area (TPSA) is 57.6 Å². The van der Waals surface area contributed by atoms with Crippen LogP contribution in [0, 0.1) is 48.3 Å². The maximum absolute atomic E-state index is 12.9. The lowest BCUT2D eigenvalue weighted by atomic mass is 9.61. The fraction of sp³-hybridized carbons (Fsp3) is 0.579. The first-order chi connectivity index (χ1) is 10.9. The van der Waals surface area contributed by atoms with Crippen LogP contribution >= 0.6 is 0 Å². The summed E-state index contributed by atoms with van der Waals surface area (Å²) in [5.74, 6) is -0.232. The van der Waals surface area contributed by atoms with Gasteiger partial charge in [0.15, 0.2) is 11.5 Å². The maximum Gasteiger partial charge on any atom is 0.202 e. The van der Waals surface area contributed by atoms with E-state index >= 15 is 0 Å². The van der Waals surface area contributed by atoms with Crippen LogP contribution in [0.25, 0.3) is 0 Å². The highest BCUT2D eigenvalue weighted by molar-refractivity contribution is 6.10. The summed E-state index contributed by atoms with van der Waals surface area (Å²) in [4.78, 5) is 27.5. The molecule has 7 unspecified atom stereocenters. The molecule has 0 saturated heterocycles. The summed E-state index contributed by atoms with van der Waals surface area (Å²) in [6, 6.07) is -0.00708. The summed E-state index contributed by atoms with van der Waals surface area (Å²) in [5, 5.41) is 10.5.